The molecule has 0 aromatic heterocycles. The number of hydrogen-bond donors (Lipinski definition) is 2. The minimum atomic E-state index is -4.57. The van der Waals surface area contributed by atoms with Crippen LogP contribution < -0.4 is 9.62 Å². The number of alkyl halides is 3. The fraction of sp³-hybridized carbons (Fsp3) is 0.457. The normalized spacial score (nSPS) is 14.3. The summed E-state index contributed by atoms with van der Waals surface area (Å²) in [7, 11) is -3.71. The average molecular weight is 678 g/mol. The van der Waals surface area contributed by atoms with Crippen LogP contribution in [0, 0.1) is 0 Å². The number of halogens is 3. The molecule has 0 radical (unpaired) electrons. The van der Waals surface area contributed by atoms with E-state index in [1.807, 2.05) is 65.0 Å². The topological polar surface area (TPSA) is 99.2 Å². The molecule has 0 aliphatic heterocycles. The third-order valence-electron chi connectivity index (χ3n) is 7.63. The van der Waals surface area contributed by atoms with Crippen LogP contribution in [0.2, 0.25) is 0 Å². The number of nitrogens with zero attached hydrogens (tertiary/aromatic N) is 2. The minimum Gasteiger partial charge on any atom is -0.465 e. The molecular weight excluding hydrogens is 631 g/mol. The maximum absolute atomic E-state index is 14.1. The van der Waals surface area contributed by atoms with Gasteiger partial charge < -0.3 is 9.84 Å². The zero-order valence-electron chi connectivity index (χ0n) is 27.8. The quantitative estimate of drug-likeness (QED) is 0.172. The highest BCUT2D eigenvalue weighted by atomic mass is 32.2. The molecule has 47 heavy (non-hydrogen) atoms. The highest BCUT2D eigenvalue weighted by Gasteiger charge is 2.43. The van der Waals surface area contributed by atoms with Crippen molar-refractivity contribution in [2.24, 2.45) is 0 Å². The van der Waals surface area contributed by atoms with Crippen molar-refractivity contribution >= 4 is 21.8 Å². The molecule has 0 bridgehead atoms. The van der Waals surface area contributed by atoms with Gasteiger partial charge in [0.2, 0.25) is 10.0 Å². The molecule has 0 fully saturated rings. The summed E-state index contributed by atoms with van der Waals surface area (Å²) >= 11 is 0. The van der Waals surface area contributed by atoms with Gasteiger partial charge in [-0.2, -0.15) is 13.2 Å². The fourth-order valence-electron chi connectivity index (χ4n) is 6.00. The molecular formula is C35H46F3N3O5S. The number of amides is 1. The maximum Gasteiger partial charge on any atom is 0.408 e. The SMILES string of the molecule is CCCN(c1cc(CNC(c2ccccc2)C(F)(F)F)cc(COCC(C)(Cc2ccccc2)N(C(=O)O)C(C)(C)C)c1)S(C)(=O)=O. The smallest absolute Gasteiger partial charge is 0.408 e. The van der Waals surface area contributed by atoms with Gasteiger partial charge in [0.15, 0.2) is 0 Å². The van der Waals surface area contributed by atoms with E-state index >= 15 is 0 Å². The summed E-state index contributed by atoms with van der Waals surface area (Å²) in [6.45, 7) is 9.02. The molecule has 8 nitrogen and oxygen atoms in total. The Labute approximate surface area is 276 Å². The molecule has 1 amide bonds. The molecule has 2 unspecified atom stereocenters. The highest BCUT2D eigenvalue weighted by molar-refractivity contribution is 7.92. The van der Waals surface area contributed by atoms with Gasteiger partial charge in [0.1, 0.15) is 6.04 Å². The first-order valence-corrected chi connectivity index (χ1v) is 17.3. The van der Waals surface area contributed by atoms with Crippen molar-refractivity contribution in [1.82, 2.24) is 10.2 Å². The van der Waals surface area contributed by atoms with E-state index in [-0.39, 0.29) is 31.9 Å². The first kappa shape index (κ1) is 37.8. The number of anilines is 1. The van der Waals surface area contributed by atoms with Crippen LogP contribution in [-0.2, 0) is 34.3 Å². The zero-order chi connectivity index (χ0) is 35.0. The van der Waals surface area contributed by atoms with Crippen LogP contribution in [0.15, 0.2) is 78.9 Å². The van der Waals surface area contributed by atoms with Gasteiger partial charge in [-0.25, -0.2) is 13.2 Å². The van der Waals surface area contributed by atoms with Crippen molar-refractivity contribution in [1.29, 1.82) is 0 Å². The van der Waals surface area contributed by atoms with Gasteiger partial charge in [0.25, 0.3) is 0 Å². The molecule has 258 valence electrons. The van der Waals surface area contributed by atoms with Crippen molar-refractivity contribution in [2.75, 3.05) is 23.7 Å². The lowest BCUT2D eigenvalue weighted by molar-refractivity contribution is -0.158. The second-order valence-electron chi connectivity index (χ2n) is 13.0. The molecule has 0 aliphatic rings. The van der Waals surface area contributed by atoms with Gasteiger partial charge in [-0.1, -0.05) is 73.7 Å². The van der Waals surface area contributed by atoms with Crippen LogP contribution in [0.25, 0.3) is 0 Å². The number of sulfonamides is 1. The van der Waals surface area contributed by atoms with Crippen LogP contribution >= 0.6 is 0 Å². The Hall–Kier alpha value is -3.61. The predicted molar refractivity (Wildman–Crippen MR) is 179 cm³/mol. The summed E-state index contributed by atoms with van der Waals surface area (Å²) in [6, 6.07) is 19.9. The van der Waals surface area contributed by atoms with Crippen molar-refractivity contribution in [3.05, 3.63) is 101 Å². The summed E-state index contributed by atoms with van der Waals surface area (Å²) in [5.41, 5.74) is 0.501. The molecule has 3 rings (SSSR count). The Morgan fingerprint density at radius 2 is 1.49 bits per heavy atom. The minimum absolute atomic E-state index is 0.00180. The lowest BCUT2D eigenvalue weighted by atomic mass is 9.87. The average Bonchev–Trinajstić information content (AvgIpc) is 2.94. The molecule has 3 aromatic carbocycles. The van der Waals surface area contributed by atoms with E-state index in [9.17, 15) is 31.5 Å². The van der Waals surface area contributed by atoms with Gasteiger partial charge >= 0.3 is 12.3 Å². The maximum atomic E-state index is 14.1. The number of carbonyl (C=O) groups is 1. The summed E-state index contributed by atoms with van der Waals surface area (Å²) in [4.78, 5) is 13.9. The van der Waals surface area contributed by atoms with E-state index in [0.29, 0.717) is 29.7 Å². The standard InChI is InChI=1S/C35H46F3N3O5S/c1-7-18-40(47(6,44)45)30-20-27(23-39-31(35(36,37)38)29-16-12-9-13-17-29)19-28(21-30)24-46-25-34(5,22-26-14-10-8-11-15-26)41(32(42)43)33(2,3)4/h8-17,19-21,31,39H,7,18,22-25H2,1-6H3,(H,42,43). The largest absolute Gasteiger partial charge is 0.465 e. The van der Waals surface area contributed by atoms with E-state index in [0.717, 1.165) is 11.8 Å². The summed E-state index contributed by atoms with van der Waals surface area (Å²) in [6.07, 6.45) is -3.71. The predicted octanol–water partition coefficient (Wildman–Crippen LogP) is 7.55. The first-order valence-electron chi connectivity index (χ1n) is 15.5. The number of hydrogen-bond acceptors (Lipinski definition) is 5. The Bertz CT molecular complexity index is 1560. The number of ether oxygens (including phenoxy) is 1. The number of carboxylic acid groups (broad SMARTS) is 1. The number of rotatable bonds is 15. The lowest BCUT2D eigenvalue weighted by Gasteiger charge is -2.47. The zero-order valence-corrected chi connectivity index (χ0v) is 28.7. The summed E-state index contributed by atoms with van der Waals surface area (Å²) in [5, 5.41) is 12.9. The fourth-order valence-corrected chi connectivity index (χ4v) is 7.00. The van der Waals surface area contributed by atoms with Crippen molar-refractivity contribution in [3.63, 3.8) is 0 Å². The van der Waals surface area contributed by atoms with E-state index in [2.05, 4.69) is 5.32 Å². The molecule has 0 spiro atoms. The van der Waals surface area contributed by atoms with Crippen molar-refractivity contribution < 1.29 is 36.2 Å². The molecule has 0 saturated carbocycles. The molecule has 2 atom stereocenters. The van der Waals surface area contributed by atoms with Gasteiger partial charge in [-0.3, -0.25) is 14.5 Å². The second-order valence-corrected chi connectivity index (χ2v) is 15.0. The number of nitrogens with one attached hydrogen (secondary N) is 1. The van der Waals surface area contributed by atoms with Crippen molar-refractivity contribution in [2.45, 2.75) is 83.9 Å². The van der Waals surface area contributed by atoms with E-state index in [1.165, 1.54) is 33.5 Å². The molecule has 12 heteroatoms. The van der Waals surface area contributed by atoms with E-state index in [4.69, 9.17) is 4.74 Å². The summed E-state index contributed by atoms with van der Waals surface area (Å²) < 4.78 is 75.1. The van der Waals surface area contributed by atoms with Gasteiger partial charge in [0, 0.05) is 18.6 Å². The van der Waals surface area contributed by atoms with Crippen LogP contribution in [0.5, 0.6) is 0 Å². The van der Waals surface area contributed by atoms with E-state index < -0.39 is 39.4 Å². The highest BCUT2D eigenvalue weighted by Crippen LogP contribution is 2.34. The van der Waals surface area contributed by atoms with Crippen LogP contribution in [-0.4, -0.2) is 61.2 Å². The Morgan fingerprint density at radius 3 is 2.00 bits per heavy atom. The van der Waals surface area contributed by atoms with Gasteiger partial charge in [0.05, 0.1) is 30.7 Å². The van der Waals surface area contributed by atoms with Crippen LogP contribution in [0.3, 0.4) is 0 Å². The second kappa shape index (κ2) is 15.5. The Kier molecular flexibility index (Phi) is 12.5. The number of benzene rings is 3. The molecule has 0 heterocycles. The van der Waals surface area contributed by atoms with Gasteiger partial charge in [-0.05, 0) is 74.9 Å². The third kappa shape index (κ3) is 10.7. The lowest BCUT2D eigenvalue weighted by Crippen LogP contribution is -2.61. The third-order valence-corrected chi connectivity index (χ3v) is 8.83. The van der Waals surface area contributed by atoms with Crippen molar-refractivity contribution in [3.8, 4) is 0 Å². The van der Waals surface area contributed by atoms with Gasteiger partial charge in [-0.15, -0.1) is 0 Å². The molecule has 0 saturated heterocycles. The monoisotopic (exact) mass is 677 g/mol. The van der Waals surface area contributed by atoms with Crippen LogP contribution in [0.4, 0.5) is 23.7 Å². The first-order chi connectivity index (χ1) is 21.8. The van der Waals surface area contributed by atoms with Crippen LogP contribution in [0.1, 0.15) is 69.3 Å². The Morgan fingerprint density at radius 1 is 0.915 bits per heavy atom. The molecule has 2 N–H and O–H groups in total. The molecule has 0 aliphatic carbocycles. The van der Waals surface area contributed by atoms with E-state index in [1.54, 1.807) is 24.3 Å². The summed E-state index contributed by atoms with van der Waals surface area (Å²) in [5.74, 6) is 0. The molecule has 3 aromatic rings. The Balaban J connectivity index is 1.97.